The fraction of sp³-hybridized carbons (Fsp3) is 0.318. The van der Waals surface area contributed by atoms with Crippen LogP contribution in [0.15, 0.2) is 47.6 Å². The lowest BCUT2D eigenvalue weighted by Crippen LogP contribution is -2.44. The Bertz CT molecular complexity index is 905. The molecule has 1 saturated heterocycles. The first-order valence-corrected chi connectivity index (χ1v) is 9.12. The van der Waals surface area contributed by atoms with Crippen molar-refractivity contribution in [1.29, 1.82) is 0 Å². The quantitative estimate of drug-likeness (QED) is 0.647. The van der Waals surface area contributed by atoms with E-state index in [1.165, 1.54) is 5.56 Å². The predicted molar refractivity (Wildman–Crippen MR) is 107 cm³/mol. The van der Waals surface area contributed by atoms with Crippen molar-refractivity contribution in [3.8, 4) is 0 Å². The summed E-state index contributed by atoms with van der Waals surface area (Å²) in [4.78, 5) is 25.1. The van der Waals surface area contributed by atoms with Gasteiger partial charge >= 0.3 is 6.03 Å². The molecule has 0 radical (unpaired) electrons. The molecule has 1 aliphatic heterocycles. The maximum Gasteiger partial charge on any atom is 0.346 e. The maximum absolute atomic E-state index is 12.8. The molecule has 3 amide bonds. The number of rotatable bonds is 5. The van der Waals surface area contributed by atoms with Gasteiger partial charge in [-0.15, -0.1) is 5.01 Å². The molecule has 1 N–H and O–H groups in total. The summed E-state index contributed by atoms with van der Waals surface area (Å²) in [5.74, 6) is -0.318. The third kappa shape index (κ3) is 3.92. The van der Waals surface area contributed by atoms with Crippen LogP contribution < -0.4 is 5.32 Å². The minimum absolute atomic E-state index is 0.318. The zero-order valence-electron chi connectivity index (χ0n) is 16.2. The van der Waals surface area contributed by atoms with Gasteiger partial charge in [-0.2, -0.15) is 5.10 Å². The predicted octanol–water partition coefficient (Wildman–Crippen LogP) is 3.89. The van der Waals surface area contributed by atoms with Gasteiger partial charge in [0.1, 0.15) is 5.54 Å². The summed E-state index contributed by atoms with van der Waals surface area (Å²) in [5, 5.41) is 7.92. The van der Waals surface area contributed by atoms with Crippen LogP contribution in [0.4, 0.5) is 4.79 Å². The Labute approximate surface area is 160 Å². The molecule has 0 saturated carbocycles. The van der Waals surface area contributed by atoms with Crippen LogP contribution in [-0.2, 0) is 11.2 Å². The zero-order chi connectivity index (χ0) is 19.6. The number of hydrazone groups is 1. The van der Waals surface area contributed by atoms with Gasteiger partial charge < -0.3 is 5.32 Å². The number of nitrogens with one attached hydrogen (secondary N) is 1. The molecule has 1 heterocycles. The van der Waals surface area contributed by atoms with E-state index in [2.05, 4.69) is 23.4 Å². The molecule has 1 fully saturated rings. The average Bonchev–Trinajstić information content (AvgIpc) is 2.85. The summed E-state index contributed by atoms with van der Waals surface area (Å²) in [6.07, 6.45) is 2.82. The highest BCUT2D eigenvalue weighted by Crippen LogP contribution is 2.24. The molecular weight excluding hydrogens is 338 g/mol. The van der Waals surface area contributed by atoms with E-state index in [1.54, 1.807) is 13.1 Å². The van der Waals surface area contributed by atoms with Gasteiger partial charge in [0, 0.05) is 0 Å². The van der Waals surface area contributed by atoms with Crippen LogP contribution in [-0.4, -0.2) is 28.7 Å². The number of hydrogen-bond acceptors (Lipinski definition) is 3. The van der Waals surface area contributed by atoms with Gasteiger partial charge in [0.05, 0.1) is 6.21 Å². The molecule has 0 aliphatic carbocycles. The fourth-order valence-electron chi connectivity index (χ4n) is 3.22. The number of carbonyl (C=O) groups is 2. The smallest absolute Gasteiger partial charge is 0.322 e. The lowest BCUT2D eigenvalue weighted by molar-refractivity contribution is -0.130. The van der Waals surface area contributed by atoms with Crippen LogP contribution in [0.1, 0.15) is 41.2 Å². The van der Waals surface area contributed by atoms with Crippen molar-refractivity contribution >= 4 is 18.2 Å². The number of amides is 3. The Hall–Kier alpha value is -2.95. The summed E-state index contributed by atoms with van der Waals surface area (Å²) in [6.45, 7) is 7.83. The first-order chi connectivity index (χ1) is 12.8. The number of imide groups is 1. The number of nitrogens with zero attached hydrogens (tertiary/aromatic N) is 2. The number of hydrogen-bond donors (Lipinski definition) is 1. The molecule has 0 spiro atoms. The molecule has 3 rings (SSSR count). The Morgan fingerprint density at radius 3 is 2.41 bits per heavy atom. The van der Waals surface area contributed by atoms with Crippen LogP contribution in [0, 0.1) is 20.8 Å². The Kier molecular flexibility index (Phi) is 5.13. The normalized spacial score (nSPS) is 19.8. The highest BCUT2D eigenvalue weighted by molar-refractivity contribution is 6.07. The Morgan fingerprint density at radius 2 is 1.70 bits per heavy atom. The molecule has 2 aromatic rings. The molecule has 5 nitrogen and oxygen atoms in total. The summed E-state index contributed by atoms with van der Waals surface area (Å²) in [5.41, 5.74) is 4.49. The van der Waals surface area contributed by atoms with Gasteiger partial charge in [-0.1, -0.05) is 36.4 Å². The van der Waals surface area contributed by atoms with E-state index < -0.39 is 11.6 Å². The van der Waals surface area contributed by atoms with Crippen molar-refractivity contribution in [3.63, 3.8) is 0 Å². The second-order valence-corrected chi connectivity index (χ2v) is 7.40. The molecular formula is C22H25N3O2. The molecule has 5 heteroatoms. The molecule has 1 aliphatic rings. The van der Waals surface area contributed by atoms with E-state index in [1.807, 2.05) is 50.2 Å². The second-order valence-electron chi connectivity index (χ2n) is 7.40. The first kappa shape index (κ1) is 18.8. The summed E-state index contributed by atoms with van der Waals surface area (Å²) >= 11 is 0. The largest absolute Gasteiger partial charge is 0.346 e. The van der Waals surface area contributed by atoms with Crippen LogP contribution in [0.3, 0.4) is 0 Å². The molecule has 27 heavy (non-hydrogen) atoms. The molecule has 0 aromatic heterocycles. The third-order valence-corrected chi connectivity index (χ3v) is 5.19. The van der Waals surface area contributed by atoms with Crippen molar-refractivity contribution in [2.45, 2.75) is 46.1 Å². The van der Waals surface area contributed by atoms with Gasteiger partial charge in [0.25, 0.3) is 5.91 Å². The van der Waals surface area contributed by atoms with E-state index in [0.717, 1.165) is 27.3 Å². The standard InChI is InChI=1S/C22H25N3O2/c1-15-12-17(3)19(13-16(15)2)14-23-25-20(26)22(4,24-21(25)27)11-10-18-8-6-5-7-9-18/h5-9,12-14H,10-11H2,1-4H3,(H,24,27)/b23-14-/t22-/m0/s1. The van der Waals surface area contributed by atoms with E-state index >= 15 is 0 Å². The van der Waals surface area contributed by atoms with Crippen molar-refractivity contribution in [2.75, 3.05) is 0 Å². The van der Waals surface area contributed by atoms with Gasteiger partial charge in [-0.25, -0.2) is 4.79 Å². The summed E-state index contributed by atoms with van der Waals surface area (Å²) in [7, 11) is 0. The Morgan fingerprint density at radius 1 is 1.04 bits per heavy atom. The number of benzene rings is 2. The van der Waals surface area contributed by atoms with Crippen LogP contribution in [0.5, 0.6) is 0 Å². The number of carbonyl (C=O) groups excluding carboxylic acids is 2. The first-order valence-electron chi connectivity index (χ1n) is 9.12. The lowest BCUT2D eigenvalue weighted by atomic mass is 9.93. The van der Waals surface area contributed by atoms with Gasteiger partial charge in [-0.3, -0.25) is 4.79 Å². The van der Waals surface area contributed by atoms with E-state index in [-0.39, 0.29) is 5.91 Å². The van der Waals surface area contributed by atoms with Crippen LogP contribution in [0.2, 0.25) is 0 Å². The molecule has 0 unspecified atom stereocenters. The van der Waals surface area contributed by atoms with Crippen molar-refractivity contribution in [1.82, 2.24) is 10.3 Å². The van der Waals surface area contributed by atoms with Gasteiger partial charge in [-0.05, 0) is 74.4 Å². The zero-order valence-corrected chi connectivity index (χ0v) is 16.2. The SMILES string of the molecule is Cc1cc(C)c(/C=N\N2C(=O)N[C@@](C)(CCc3ccccc3)C2=O)cc1C. The second kappa shape index (κ2) is 7.35. The van der Waals surface area contributed by atoms with Crippen molar-refractivity contribution in [2.24, 2.45) is 5.10 Å². The maximum atomic E-state index is 12.8. The molecule has 140 valence electrons. The minimum atomic E-state index is -0.942. The Balaban J connectivity index is 1.75. The lowest BCUT2D eigenvalue weighted by Gasteiger charge is -2.20. The van der Waals surface area contributed by atoms with Crippen LogP contribution in [0.25, 0.3) is 0 Å². The molecule has 2 aromatic carbocycles. The third-order valence-electron chi connectivity index (χ3n) is 5.19. The summed E-state index contributed by atoms with van der Waals surface area (Å²) in [6, 6.07) is 13.5. The minimum Gasteiger partial charge on any atom is -0.322 e. The number of aryl methyl sites for hydroxylation is 4. The molecule has 0 bridgehead atoms. The van der Waals surface area contributed by atoms with Crippen molar-refractivity contribution < 1.29 is 9.59 Å². The monoisotopic (exact) mass is 363 g/mol. The highest BCUT2D eigenvalue weighted by Gasteiger charge is 2.47. The highest BCUT2D eigenvalue weighted by atomic mass is 16.2. The van der Waals surface area contributed by atoms with E-state index in [9.17, 15) is 9.59 Å². The fourth-order valence-corrected chi connectivity index (χ4v) is 3.22. The van der Waals surface area contributed by atoms with Gasteiger partial charge in [0.2, 0.25) is 0 Å². The van der Waals surface area contributed by atoms with Crippen LogP contribution >= 0.6 is 0 Å². The van der Waals surface area contributed by atoms with Crippen molar-refractivity contribution in [3.05, 3.63) is 70.3 Å². The topological polar surface area (TPSA) is 61.8 Å². The van der Waals surface area contributed by atoms with E-state index in [4.69, 9.17) is 0 Å². The average molecular weight is 363 g/mol. The number of urea groups is 1. The summed E-state index contributed by atoms with van der Waals surface area (Å²) < 4.78 is 0. The van der Waals surface area contributed by atoms with E-state index in [0.29, 0.717) is 12.8 Å². The van der Waals surface area contributed by atoms with Gasteiger partial charge in [0.15, 0.2) is 0 Å². The molecule has 1 atom stereocenters.